The molecular weight excluding hydrogens is 364 g/mol. The molecule has 1 saturated heterocycles. The highest BCUT2D eigenvalue weighted by Crippen LogP contribution is 2.33. The van der Waals surface area contributed by atoms with E-state index in [9.17, 15) is 9.59 Å². The summed E-state index contributed by atoms with van der Waals surface area (Å²) in [6.07, 6.45) is 0.193. The van der Waals surface area contributed by atoms with Gasteiger partial charge in [0.25, 0.3) is 5.89 Å². The van der Waals surface area contributed by atoms with Gasteiger partial charge in [-0.2, -0.15) is 4.98 Å². The Balaban J connectivity index is 1.48. The Morgan fingerprint density at radius 1 is 1.26 bits per heavy atom. The van der Waals surface area contributed by atoms with Gasteiger partial charge in [-0.1, -0.05) is 22.9 Å². The van der Waals surface area contributed by atoms with E-state index in [0.717, 1.165) is 11.3 Å². The largest absolute Gasteiger partial charge is 0.333 e. The van der Waals surface area contributed by atoms with Crippen molar-refractivity contribution in [1.82, 2.24) is 10.1 Å². The molecule has 0 saturated carbocycles. The van der Waals surface area contributed by atoms with Gasteiger partial charge < -0.3 is 14.7 Å². The van der Waals surface area contributed by atoms with Gasteiger partial charge in [-0.25, -0.2) is 0 Å². The normalized spacial score (nSPS) is 16.7. The molecule has 1 unspecified atom stereocenters. The number of anilines is 2. The van der Waals surface area contributed by atoms with Crippen LogP contribution in [0.2, 0.25) is 0 Å². The van der Waals surface area contributed by atoms with Crippen LogP contribution in [0.3, 0.4) is 0 Å². The maximum absolute atomic E-state index is 12.7. The van der Waals surface area contributed by atoms with E-state index in [1.165, 1.54) is 11.3 Å². The number of aromatic nitrogens is 2. The fraction of sp³-hybridized carbons (Fsp3) is 0.263. The van der Waals surface area contributed by atoms with Gasteiger partial charge in [0.1, 0.15) is 4.88 Å². The topological polar surface area (TPSA) is 88.3 Å². The van der Waals surface area contributed by atoms with Gasteiger partial charge in [-0.05, 0) is 37.4 Å². The number of thiophene rings is 1. The number of hydrogen-bond donors (Lipinski definition) is 1. The van der Waals surface area contributed by atoms with Crippen LogP contribution in [0, 0.1) is 19.8 Å². The third kappa shape index (κ3) is 3.48. The molecular formula is C19H18N4O3S. The lowest BCUT2D eigenvalue weighted by atomic mass is 10.1. The molecule has 1 N–H and O–H groups in total. The summed E-state index contributed by atoms with van der Waals surface area (Å²) in [6.45, 7) is 4.10. The van der Waals surface area contributed by atoms with Crippen molar-refractivity contribution >= 4 is 34.5 Å². The molecule has 0 radical (unpaired) electrons. The summed E-state index contributed by atoms with van der Waals surface area (Å²) in [5.41, 5.74) is 2.56. The van der Waals surface area contributed by atoms with Gasteiger partial charge in [-0.15, -0.1) is 11.3 Å². The summed E-state index contributed by atoms with van der Waals surface area (Å²) in [6, 6.07) is 9.52. The first kappa shape index (κ1) is 17.4. The highest BCUT2D eigenvalue weighted by Gasteiger charge is 2.35. The van der Waals surface area contributed by atoms with Gasteiger partial charge in [0.2, 0.25) is 11.8 Å². The first-order chi connectivity index (χ1) is 13.0. The minimum atomic E-state index is -0.407. The minimum Gasteiger partial charge on any atom is -0.333 e. The molecule has 8 heteroatoms. The summed E-state index contributed by atoms with van der Waals surface area (Å²) < 4.78 is 5.19. The monoisotopic (exact) mass is 382 g/mol. The van der Waals surface area contributed by atoms with Crippen molar-refractivity contribution in [3.05, 3.63) is 47.1 Å². The first-order valence-corrected chi connectivity index (χ1v) is 9.45. The summed E-state index contributed by atoms with van der Waals surface area (Å²) in [5, 5.41) is 8.54. The number of benzene rings is 1. The molecule has 0 aliphatic carbocycles. The van der Waals surface area contributed by atoms with Gasteiger partial charge in [0, 0.05) is 18.7 Å². The molecule has 1 atom stereocenters. The van der Waals surface area contributed by atoms with E-state index < -0.39 is 5.92 Å². The van der Waals surface area contributed by atoms with E-state index in [1.807, 2.05) is 36.6 Å². The van der Waals surface area contributed by atoms with E-state index in [1.54, 1.807) is 17.9 Å². The highest BCUT2D eigenvalue weighted by molar-refractivity contribution is 7.14. The van der Waals surface area contributed by atoms with Crippen LogP contribution in [-0.4, -0.2) is 28.5 Å². The number of carbonyl (C=O) groups excluding carboxylic acids is 2. The van der Waals surface area contributed by atoms with Gasteiger partial charge >= 0.3 is 0 Å². The Labute approximate surface area is 160 Å². The number of nitrogens with one attached hydrogen (secondary N) is 1. The fourth-order valence-electron chi connectivity index (χ4n) is 3.05. The Hall–Kier alpha value is -3.00. The second-order valence-corrected chi connectivity index (χ2v) is 7.46. The molecule has 1 aliphatic rings. The lowest BCUT2D eigenvalue weighted by Crippen LogP contribution is -2.28. The van der Waals surface area contributed by atoms with Crippen molar-refractivity contribution in [2.24, 2.45) is 5.92 Å². The molecule has 0 spiro atoms. The average molecular weight is 382 g/mol. The molecule has 3 aromatic rings. The molecule has 0 bridgehead atoms. The van der Waals surface area contributed by atoms with Crippen molar-refractivity contribution in [3.8, 4) is 10.8 Å². The van der Waals surface area contributed by atoms with Crippen LogP contribution in [0.4, 0.5) is 11.4 Å². The Kier molecular flexibility index (Phi) is 4.49. The molecule has 7 nitrogen and oxygen atoms in total. The predicted octanol–water partition coefficient (Wildman–Crippen LogP) is 3.41. The zero-order valence-corrected chi connectivity index (χ0v) is 15.7. The molecule has 27 heavy (non-hydrogen) atoms. The number of carbonyl (C=O) groups is 2. The van der Waals surface area contributed by atoms with Crippen molar-refractivity contribution in [2.75, 3.05) is 16.8 Å². The molecule has 3 heterocycles. The van der Waals surface area contributed by atoms with E-state index >= 15 is 0 Å². The summed E-state index contributed by atoms with van der Waals surface area (Å²) in [5.74, 6) is 0.272. The Morgan fingerprint density at radius 2 is 2.04 bits per heavy atom. The molecule has 4 rings (SSSR count). The summed E-state index contributed by atoms with van der Waals surface area (Å²) in [7, 11) is 0. The molecule has 1 aromatic carbocycles. The van der Waals surface area contributed by atoms with Crippen LogP contribution >= 0.6 is 11.3 Å². The minimum absolute atomic E-state index is 0.0444. The SMILES string of the molecule is Cc1ccc(N2CC(C(=O)Nc3ccsc3-c3nc(C)no3)CC2=O)cc1. The Morgan fingerprint density at radius 3 is 2.74 bits per heavy atom. The highest BCUT2D eigenvalue weighted by atomic mass is 32.1. The predicted molar refractivity (Wildman–Crippen MR) is 103 cm³/mol. The second-order valence-electron chi connectivity index (χ2n) is 6.54. The zero-order valence-electron chi connectivity index (χ0n) is 14.9. The second kappa shape index (κ2) is 6.96. The molecule has 138 valence electrons. The number of aryl methyl sites for hydroxylation is 2. The van der Waals surface area contributed by atoms with Crippen LogP contribution in [-0.2, 0) is 9.59 Å². The number of rotatable bonds is 4. The van der Waals surface area contributed by atoms with Crippen LogP contribution in [0.15, 0.2) is 40.2 Å². The lowest BCUT2D eigenvalue weighted by Gasteiger charge is -2.17. The molecule has 2 aromatic heterocycles. The van der Waals surface area contributed by atoms with Gasteiger partial charge in [0.15, 0.2) is 5.82 Å². The molecule has 2 amide bonds. The van der Waals surface area contributed by atoms with Crippen molar-refractivity contribution < 1.29 is 14.1 Å². The first-order valence-electron chi connectivity index (χ1n) is 8.57. The Bertz CT molecular complexity index is 993. The van der Waals surface area contributed by atoms with Crippen molar-refractivity contribution in [2.45, 2.75) is 20.3 Å². The van der Waals surface area contributed by atoms with Crippen LogP contribution < -0.4 is 10.2 Å². The number of hydrogen-bond acceptors (Lipinski definition) is 6. The average Bonchev–Trinajstić information content (AvgIpc) is 3.36. The van der Waals surface area contributed by atoms with E-state index in [2.05, 4.69) is 15.5 Å². The number of nitrogens with zero attached hydrogens (tertiary/aromatic N) is 3. The fourth-order valence-corrected chi connectivity index (χ4v) is 3.82. The lowest BCUT2D eigenvalue weighted by molar-refractivity contribution is -0.122. The van der Waals surface area contributed by atoms with Gasteiger partial charge in [-0.3, -0.25) is 9.59 Å². The number of amides is 2. The standard InChI is InChI=1S/C19H18N4O3S/c1-11-3-5-14(6-4-11)23-10-13(9-16(23)24)18(25)21-15-7-8-27-17(15)19-20-12(2)22-26-19/h3-8,13H,9-10H2,1-2H3,(H,21,25). The van der Waals surface area contributed by atoms with Crippen LogP contribution in [0.5, 0.6) is 0 Å². The third-order valence-corrected chi connectivity index (χ3v) is 5.39. The molecule has 1 fully saturated rings. The van der Waals surface area contributed by atoms with E-state index in [4.69, 9.17) is 4.52 Å². The van der Waals surface area contributed by atoms with Crippen LogP contribution in [0.25, 0.3) is 10.8 Å². The van der Waals surface area contributed by atoms with E-state index in [-0.39, 0.29) is 18.2 Å². The van der Waals surface area contributed by atoms with Crippen LogP contribution in [0.1, 0.15) is 17.8 Å². The summed E-state index contributed by atoms with van der Waals surface area (Å²) >= 11 is 1.41. The zero-order chi connectivity index (χ0) is 19.0. The van der Waals surface area contributed by atoms with E-state index in [0.29, 0.717) is 28.8 Å². The summed E-state index contributed by atoms with van der Waals surface area (Å²) in [4.78, 5) is 31.7. The van der Waals surface area contributed by atoms with Crippen molar-refractivity contribution in [1.29, 1.82) is 0 Å². The third-order valence-electron chi connectivity index (χ3n) is 4.49. The molecule has 1 aliphatic heterocycles. The quantitative estimate of drug-likeness (QED) is 0.747. The van der Waals surface area contributed by atoms with Gasteiger partial charge in [0.05, 0.1) is 11.6 Å². The maximum atomic E-state index is 12.7. The maximum Gasteiger partial charge on any atom is 0.270 e. The van der Waals surface area contributed by atoms with Crippen molar-refractivity contribution in [3.63, 3.8) is 0 Å². The smallest absolute Gasteiger partial charge is 0.270 e.